The molecular formula is C9H17S2. The van der Waals surface area contributed by atoms with Gasteiger partial charge in [-0.1, -0.05) is 49.3 Å². The lowest BCUT2D eigenvalue weighted by Crippen LogP contribution is -1.98. The minimum atomic E-state index is 0.795. The van der Waals surface area contributed by atoms with E-state index in [1.165, 1.54) is 51.4 Å². The van der Waals surface area contributed by atoms with Crippen LogP contribution >= 0.6 is 22.5 Å². The Bertz CT molecular complexity index is 83.6. The van der Waals surface area contributed by atoms with Crippen LogP contribution in [0.5, 0.6) is 0 Å². The Kier molecular flexibility index (Phi) is 5.55. The van der Waals surface area contributed by atoms with E-state index in [0.29, 0.717) is 0 Å². The maximum atomic E-state index is 5.04. The van der Waals surface area contributed by atoms with Gasteiger partial charge in [-0.2, -0.15) is 0 Å². The second-order valence-electron chi connectivity index (χ2n) is 3.42. The third kappa shape index (κ3) is 4.32. The summed E-state index contributed by atoms with van der Waals surface area (Å²) >= 11 is 5.04. The molecule has 0 N–H and O–H groups in total. The van der Waals surface area contributed by atoms with Crippen LogP contribution in [0.1, 0.15) is 51.4 Å². The van der Waals surface area contributed by atoms with Gasteiger partial charge in [0.2, 0.25) is 0 Å². The summed E-state index contributed by atoms with van der Waals surface area (Å²) in [6, 6.07) is 0. The first kappa shape index (κ1) is 9.79. The van der Waals surface area contributed by atoms with Gasteiger partial charge in [-0.05, 0) is 24.5 Å². The lowest BCUT2D eigenvalue weighted by molar-refractivity contribution is 0.624. The fourth-order valence-electron chi connectivity index (χ4n) is 1.69. The van der Waals surface area contributed by atoms with Gasteiger partial charge in [-0.15, -0.1) is 0 Å². The van der Waals surface area contributed by atoms with Gasteiger partial charge < -0.3 is 0 Å². The highest BCUT2D eigenvalue weighted by Gasteiger charge is 2.08. The van der Waals surface area contributed by atoms with Crippen molar-refractivity contribution in [3.8, 4) is 0 Å². The Morgan fingerprint density at radius 1 is 0.818 bits per heavy atom. The van der Waals surface area contributed by atoms with Gasteiger partial charge in [0.15, 0.2) is 0 Å². The summed E-state index contributed by atoms with van der Waals surface area (Å²) in [5.74, 6) is 0. The molecule has 11 heavy (non-hydrogen) atoms. The topological polar surface area (TPSA) is 0 Å². The molecule has 1 saturated carbocycles. The van der Waals surface area contributed by atoms with Gasteiger partial charge in [0.05, 0.1) is 0 Å². The number of hydrogen-bond acceptors (Lipinski definition) is 1. The van der Waals surface area contributed by atoms with Gasteiger partial charge in [-0.3, -0.25) is 0 Å². The van der Waals surface area contributed by atoms with Crippen molar-refractivity contribution in [2.45, 2.75) is 56.6 Å². The predicted molar refractivity (Wildman–Crippen MR) is 55.9 cm³/mol. The Hall–Kier alpha value is 0.700. The monoisotopic (exact) mass is 189 g/mol. The van der Waals surface area contributed by atoms with Crippen molar-refractivity contribution in [1.82, 2.24) is 0 Å². The maximum absolute atomic E-state index is 5.04. The lowest BCUT2D eigenvalue weighted by atomic mass is 10.1. The summed E-state index contributed by atoms with van der Waals surface area (Å²) in [6.07, 6.45) is 11.3. The van der Waals surface area contributed by atoms with E-state index in [1.54, 1.807) is 10.8 Å². The van der Waals surface area contributed by atoms with E-state index in [9.17, 15) is 0 Å². The molecule has 0 aromatic rings. The zero-order valence-electron chi connectivity index (χ0n) is 7.05. The molecule has 1 radical (unpaired) electrons. The second kappa shape index (κ2) is 6.24. The van der Waals surface area contributed by atoms with Gasteiger partial charge in [0.1, 0.15) is 0 Å². The smallest absolute Gasteiger partial charge is 0.0159 e. The van der Waals surface area contributed by atoms with E-state index in [-0.39, 0.29) is 0 Å². The fraction of sp³-hybridized carbons (Fsp3) is 1.00. The zero-order chi connectivity index (χ0) is 7.94. The van der Waals surface area contributed by atoms with Gasteiger partial charge in [0.25, 0.3) is 0 Å². The molecule has 0 saturated heterocycles. The summed E-state index contributed by atoms with van der Waals surface area (Å²) in [5, 5.41) is 0.795. The van der Waals surface area contributed by atoms with Crippen molar-refractivity contribution in [2.75, 3.05) is 0 Å². The van der Waals surface area contributed by atoms with Crippen LogP contribution in [0.25, 0.3) is 0 Å². The van der Waals surface area contributed by atoms with Crippen molar-refractivity contribution in [3.05, 3.63) is 0 Å². The standard InChI is InChI=1S/C9H17S2/c10-11-9-7-5-3-1-2-4-6-8-9/h9H,1-8H2. The Balaban J connectivity index is 2.19. The lowest BCUT2D eigenvalue weighted by Gasteiger charge is -2.09. The highest BCUT2D eigenvalue weighted by atomic mass is 33.1. The zero-order valence-corrected chi connectivity index (χ0v) is 8.68. The van der Waals surface area contributed by atoms with E-state index in [2.05, 4.69) is 0 Å². The van der Waals surface area contributed by atoms with Crippen molar-refractivity contribution in [1.29, 1.82) is 0 Å². The molecule has 1 aliphatic rings. The van der Waals surface area contributed by atoms with Crippen LogP contribution < -0.4 is 0 Å². The van der Waals surface area contributed by atoms with Gasteiger partial charge >= 0.3 is 0 Å². The Morgan fingerprint density at radius 2 is 1.27 bits per heavy atom. The predicted octanol–water partition coefficient (Wildman–Crippen LogP) is 4.34. The first-order valence-electron chi connectivity index (χ1n) is 4.72. The van der Waals surface area contributed by atoms with E-state index < -0.39 is 0 Å². The molecule has 1 rings (SSSR count). The third-order valence-electron chi connectivity index (χ3n) is 2.44. The highest BCUT2D eigenvalue weighted by Crippen LogP contribution is 2.27. The normalized spacial score (nSPS) is 23.7. The van der Waals surface area contributed by atoms with Crippen LogP contribution in [0, 0.1) is 0 Å². The van der Waals surface area contributed by atoms with Gasteiger partial charge in [0, 0.05) is 5.25 Å². The van der Waals surface area contributed by atoms with Crippen LogP contribution in [0.4, 0.5) is 0 Å². The molecule has 0 atom stereocenters. The molecule has 1 aliphatic carbocycles. The average Bonchev–Trinajstić information content (AvgIpc) is 2.16. The molecular weight excluding hydrogens is 172 g/mol. The summed E-state index contributed by atoms with van der Waals surface area (Å²) in [6.45, 7) is 0. The Morgan fingerprint density at radius 3 is 1.73 bits per heavy atom. The number of hydrogen-bond donors (Lipinski definition) is 0. The van der Waals surface area contributed by atoms with Crippen molar-refractivity contribution in [2.24, 2.45) is 0 Å². The largest absolute Gasteiger partial charge is 0.0783 e. The van der Waals surface area contributed by atoms with Crippen molar-refractivity contribution in [3.63, 3.8) is 0 Å². The molecule has 0 bridgehead atoms. The van der Waals surface area contributed by atoms with Gasteiger partial charge in [-0.25, -0.2) is 0 Å². The van der Waals surface area contributed by atoms with Crippen LogP contribution in [-0.4, -0.2) is 5.25 Å². The SMILES string of the molecule is [S]SC1CCCCCCCC1. The molecule has 0 aromatic heterocycles. The molecule has 2 heteroatoms. The van der Waals surface area contributed by atoms with Crippen LogP contribution in [0.3, 0.4) is 0 Å². The molecule has 0 aromatic carbocycles. The molecule has 0 nitrogen and oxygen atoms in total. The molecule has 0 heterocycles. The van der Waals surface area contributed by atoms with E-state index >= 15 is 0 Å². The van der Waals surface area contributed by atoms with Crippen LogP contribution in [0.15, 0.2) is 0 Å². The summed E-state index contributed by atoms with van der Waals surface area (Å²) in [4.78, 5) is 0. The van der Waals surface area contributed by atoms with Crippen molar-refractivity contribution < 1.29 is 0 Å². The molecule has 0 amide bonds. The van der Waals surface area contributed by atoms with E-state index in [1.807, 2.05) is 0 Å². The first-order valence-corrected chi connectivity index (χ1v) is 6.52. The summed E-state index contributed by atoms with van der Waals surface area (Å²) < 4.78 is 0. The fourth-order valence-corrected chi connectivity index (χ4v) is 2.79. The van der Waals surface area contributed by atoms with Crippen LogP contribution in [0.2, 0.25) is 0 Å². The minimum absolute atomic E-state index is 0.795. The molecule has 65 valence electrons. The highest BCUT2D eigenvalue weighted by molar-refractivity contribution is 8.68. The Labute approximate surface area is 79.3 Å². The average molecular weight is 189 g/mol. The van der Waals surface area contributed by atoms with Crippen molar-refractivity contribution >= 4 is 22.5 Å². The van der Waals surface area contributed by atoms with E-state index in [4.69, 9.17) is 11.7 Å². The minimum Gasteiger partial charge on any atom is -0.0783 e. The quantitative estimate of drug-likeness (QED) is 0.553. The molecule has 0 unspecified atom stereocenters. The first-order chi connectivity index (χ1) is 5.43. The number of rotatable bonds is 1. The summed E-state index contributed by atoms with van der Waals surface area (Å²) in [7, 11) is 1.66. The molecule has 0 spiro atoms. The van der Waals surface area contributed by atoms with E-state index in [0.717, 1.165) is 5.25 Å². The summed E-state index contributed by atoms with van der Waals surface area (Å²) in [5.41, 5.74) is 0. The van der Waals surface area contributed by atoms with Crippen LogP contribution in [-0.2, 0) is 0 Å². The molecule has 1 fully saturated rings. The third-order valence-corrected chi connectivity index (χ3v) is 4.00. The maximum Gasteiger partial charge on any atom is 0.0159 e. The second-order valence-corrected chi connectivity index (χ2v) is 4.85. The molecule has 0 aliphatic heterocycles.